The zero-order chi connectivity index (χ0) is 28.7. The molecular weight excluding hydrogens is 537 g/mol. The molecule has 2 aromatic heterocycles. The predicted octanol–water partition coefficient (Wildman–Crippen LogP) is 5.57. The topological polar surface area (TPSA) is 117 Å². The van der Waals surface area contributed by atoms with Gasteiger partial charge in [0.2, 0.25) is 5.88 Å². The Morgan fingerprint density at radius 1 is 1.15 bits per heavy atom. The van der Waals surface area contributed by atoms with Crippen molar-refractivity contribution in [3.8, 4) is 22.9 Å². The van der Waals surface area contributed by atoms with Crippen molar-refractivity contribution in [2.45, 2.75) is 57.6 Å². The van der Waals surface area contributed by atoms with E-state index in [1.54, 1.807) is 19.1 Å². The van der Waals surface area contributed by atoms with Gasteiger partial charge in [-0.2, -0.15) is 8.42 Å². The predicted molar refractivity (Wildman–Crippen MR) is 152 cm³/mol. The van der Waals surface area contributed by atoms with Crippen molar-refractivity contribution in [1.82, 2.24) is 14.7 Å². The molecule has 1 N–H and O–H groups in total. The number of hydrogen-bond donors (Lipinski definition) is 1. The Kier molecular flexibility index (Phi) is 9.70. The van der Waals surface area contributed by atoms with E-state index >= 15 is 0 Å². The van der Waals surface area contributed by atoms with Crippen LogP contribution in [0.3, 0.4) is 0 Å². The molecule has 3 aromatic rings. The third kappa shape index (κ3) is 7.98. The van der Waals surface area contributed by atoms with Gasteiger partial charge in [0, 0.05) is 33.2 Å². The van der Waals surface area contributed by atoms with Gasteiger partial charge in [-0.05, 0) is 68.5 Å². The Morgan fingerprint density at radius 3 is 2.70 bits per heavy atom. The molecule has 40 heavy (non-hydrogen) atoms. The second-order valence-electron chi connectivity index (χ2n) is 10.1. The van der Waals surface area contributed by atoms with Gasteiger partial charge >= 0.3 is 0 Å². The molecule has 1 amide bonds. The van der Waals surface area contributed by atoms with Gasteiger partial charge in [-0.25, -0.2) is 19.1 Å². The molecule has 4 rings (SSSR count). The van der Waals surface area contributed by atoms with Crippen molar-refractivity contribution in [3.63, 3.8) is 0 Å². The van der Waals surface area contributed by atoms with E-state index in [1.807, 2.05) is 18.6 Å². The molecule has 0 saturated carbocycles. The minimum atomic E-state index is -4.25. The van der Waals surface area contributed by atoms with E-state index in [1.165, 1.54) is 36.4 Å². The van der Waals surface area contributed by atoms with Gasteiger partial charge < -0.3 is 14.2 Å². The van der Waals surface area contributed by atoms with E-state index in [0.29, 0.717) is 42.3 Å². The number of rotatable bonds is 11. The molecule has 11 heteroatoms. The fourth-order valence-electron chi connectivity index (χ4n) is 4.16. The van der Waals surface area contributed by atoms with Crippen molar-refractivity contribution >= 4 is 15.9 Å². The molecule has 1 unspecified atom stereocenters. The van der Waals surface area contributed by atoms with E-state index in [0.717, 1.165) is 19.3 Å². The molecule has 1 aromatic carbocycles. The Hall–Kier alpha value is -3.57. The Labute approximate surface area is 237 Å². The molecule has 0 aliphatic carbocycles. The van der Waals surface area contributed by atoms with Crippen LogP contribution in [-0.4, -0.2) is 50.2 Å². The number of hydrogen-bond acceptors (Lipinski definition) is 8. The van der Waals surface area contributed by atoms with Crippen molar-refractivity contribution in [2.24, 2.45) is 5.92 Å². The SMILES string of the molecule is Cc1cccc(S(=O)(=O)NC(=O)c2ccc(-c3cc(F)cc(OCC(C)C)c3)nc2OCCC2CCCCO2)n1.[HH].[HH]. The molecular formula is C29H38FN3O6S. The van der Waals surface area contributed by atoms with Gasteiger partial charge in [0.25, 0.3) is 15.9 Å². The molecule has 1 aliphatic rings. The van der Waals surface area contributed by atoms with Crippen LogP contribution in [0, 0.1) is 18.7 Å². The van der Waals surface area contributed by atoms with Gasteiger partial charge in [0.1, 0.15) is 17.1 Å². The molecule has 0 radical (unpaired) electrons. The zero-order valence-electron chi connectivity index (χ0n) is 22.9. The first-order valence-corrected chi connectivity index (χ1v) is 14.8. The molecule has 0 spiro atoms. The second-order valence-corrected chi connectivity index (χ2v) is 11.7. The fraction of sp³-hybridized carbons (Fsp3) is 0.414. The number of amides is 1. The summed E-state index contributed by atoms with van der Waals surface area (Å²) in [5, 5.41) is -0.281. The maximum atomic E-state index is 14.4. The highest BCUT2D eigenvalue weighted by atomic mass is 32.2. The van der Waals surface area contributed by atoms with E-state index in [9.17, 15) is 17.6 Å². The number of benzene rings is 1. The first-order chi connectivity index (χ1) is 19.1. The number of pyridine rings is 2. The summed E-state index contributed by atoms with van der Waals surface area (Å²) in [6.45, 7) is 6.93. The number of halogens is 1. The average molecular weight is 576 g/mol. The van der Waals surface area contributed by atoms with Gasteiger partial charge in [-0.3, -0.25) is 4.79 Å². The molecule has 9 nitrogen and oxygen atoms in total. The van der Waals surface area contributed by atoms with Gasteiger partial charge in [-0.1, -0.05) is 19.9 Å². The number of nitrogens with one attached hydrogen (secondary N) is 1. The van der Waals surface area contributed by atoms with Crippen LogP contribution in [0.15, 0.2) is 53.6 Å². The normalized spacial score (nSPS) is 15.6. The van der Waals surface area contributed by atoms with Crippen molar-refractivity contribution in [2.75, 3.05) is 19.8 Å². The standard InChI is InChI=1S/C29H34FN3O6S.2H2/c1-19(2)18-39-24-16-21(15-22(30)17-24)26-11-10-25(29(32-26)38-14-12-23-8-4-5-13-37-23)28(34)33-40(35,36)27-9-6-7-20(3)31-27;;/h6-7,9-11,15-17,19,23H,4-5,8,12-14,18H2,1-3H3,(H,33,34);2*1H. The molecule has 0 bridgehead atoms. The van der Waals surface area contributed by atoms with E-state index < -0.39 is 21.7 Å². The number of carbonyl (C=O) groups is 1. The third-order valence-corrected chi connectivity index (χ3v) is 7.41. The Balaban J connectivity index is 0.00000308. The monoisotopic (exact) mass is 575 g/mol. The summed E-state index contributed by atoms with van der Waals surface area (Å²) in [6, 6.07) is 11.6. The lowest BCUT2D eigenvalue weighted by molar-refractivity contribution is 0.00374. The number of nitrogens with zero attached hydrogens (tertiary/aromatic N) is 2. The summed E-state index contributed by atoms with van der Waals surface area (Å²) in [7, 11) is -4.25. The Morgan fingerprint density at radius 2 is 1.98 bits per heavy atom. The smallest absolute Gasteiger partial charge is 0.281 e. The highest BCUT2D eigenvalue weighted by Crippen LogP contribution is 2.28. The van der Waals surface area contributed by atoms with Crippen molar-refractivity contribution in [3.05, 3.63) is 65.6 Å². The lowest BCUT2D eigenvalue weighted by Gasteiger charge is -2.22. The fourth-order valence-corrected chi connectivity index (χ4v) is 5.14. The number of carbonyl (C=O) groups excluding carboxylic acids is 1. The van der Waals surface area contributed by atoms with Gasteiger partial charge in [0.15, 0.2) is 5.03 Å². The Bertz CT molecular complexity index is 1450. The van der Waals surface area contributed by atoms with Crippen LogP contribution in [0.4, 0.5) is 4.39 Å². The van der Waals surface area contributed by atoms with Crippen LogP contribution in [0.1, 0.15) is 58.4 Å². The average Bonchev–Trinajstić information content (AvgIpc) is 2.92. The number of aryl methyl sites for hydroxylation is 1. The molecule has 1 aliphatic heterocycles. The van der Waals surface area contributed by atoms with Crippen molar-refractivity contribution < 1.29 is 34.7 Å². The molecule has 1 fully saturated rings. The maximum Gasteiger partial charge on any atom is 0.281 e. The van der Waals surface area contributed by atoms with Crippen LogP contribution < -0.4 is 14.2 Å². The van der Waals surface area contributed by atoms with E-state index in [4.69, 9.17) is 14.2 Å². The van der Waals surface area contributed by atoms with Gasteiger partial charge in [0.05, 0.1) is 25.0 Å². The van der Waals surface area contributed by atoms with Gasteiger partial charge in [-0.15, -0.1) is 0 Å². The number of sulfonamides is 1. The lowest BCUT2D eigenvalue weighted by atomic mass is 10.1. The molecule has 3 heterocycles. The first-order valence-electron chi connectivity index (χ1n) is 13.3. The summed E-state index contributed by atoms with van der Waals surface area (Å²) in [4.78, 5) is 21.7. The zero-order valence-corrected chi connectivity index (χ0v) is 23.7. The lowest BCUT2D eigenvalue weighted by Crippen LogP contribution is -2.32. The molecule has 218 valence electrons. The van der Waals surface area contributed by atoms with E-state index in [2.05, 4.69) is 9.97 Å². The number of aromatic nitrogens is 2. The van der Waals surface area contributed by atoms with E-state index in [-0.39, 0.29) is 38.0 Å². The van der Waals surface area contributed by atoms with Crippen LogP contribution in [0.5, 0.6) is 11.6 Å². The minimum Gasteiger partial charge on any atom is -0.493 e. The minimum absolute atomic E-state index is 0. The third-order valence-electron chi connectivity index (χ3n) is 6.17. The second kappa shape index (κ2) is 13.2. The molecule has 1 saturated heterocycles. The summed E-state index contributed by atoms with van der Waals surface area (Å²) in [5.41, 5.74) is 1.15. The summed E-state index contributed by atoms with van der Waals surface area (Å²) in [6.07, 6.45) is 3.61. The van der Waals surface area contributed by atoms with Crippen LogP contribution >= 0.6 is 0 Å². The largest absolute Gasteiger partial charge is 0.493 e. The quantitative estimate of drug-likeness (QED) is 0.315. The van der Waals surface area contributed by atoms with Crippen molar-refractivity contribution in [1.29, 1.82) is 0 Å². The first kappa shape index (κ1) is 29.4. The highest BCUT2D eigenvalue weighted by Gasteiger charge is 2.24. The summed E-state index contributed by atoms with van der Waals surface area (Å²) >= 11 is 0. The number of ether oxygens (including phenoxy) is 3. The van der Waals surface area contributed by atoms with Crippen LogP contribution in [0.2, 0.25) is 0 Å². The summed E-state index contributed by atoms with van der Waals surface area (Å²) in [5.74, 6) is -0.907. The highest BCUT2D eigenvalue weighted by molar-refractivity contribution is 7.90. The molecule has 1 atom stereocenters. The summed E-state index contributed by atoms with van der Waals surface area (Å²) < 4.78 is 59.5. The van der Waals surface area contributed by atoms with Crippen LogP contribution in [0.25, 0.3) is 11.3 Å². The maximum absolute atomic E-state index is 14.4. The van der Waals surface area contributed by atoms with Crippen LogP contribution in [-0.2, 0) is 14.8 Å².